The second-order valence-corrected chi connectivity index (χ2v) is 1.25. The van der Waals surface area contributed by atoms with E-state index in [4.69, 9.17) is 0 Å². The maximum atomic E-state index is 10.2. The van der Waals surface area contributed by atoms with Crippen molar-refractivity contribution in [2.75, 3.05) is 0 Å². The number of Topliss-reactive ketones (excluding diaryl/α,β-unsaturated/α-hetero) is 1. The van der Waals surface area contributed by atoms with Crippen LogP contribution in [0.3, 0.4) is 0 Å². The fourth-order valence-corrected chi connectivity index (χ4v) is 0.250. The van der Waals surface area contributed by atoms with Crippen molar-refractivity contribution in [1.29, 1.82) is 0 Å². The predicted molar refractivity (Wildman–Crippen MR) is 28.6 cm³/mol. The molecule has 34 valence electrons. The van der Waals surface area contributed by atoms with Gasteiger partial charge in [0.05, 0.1) is 0 Å². The Balaban J connectivity index is 2.99. The Morgan fingerprint density at radius 3 is 2.33 bits per heavy atom. The standard InChI is InChI=1S/C4H9BO/c1-2-4(6)3-5/h2-3,5H2,1H3. The lowest BCUT2D eigenvalue weighted by Crippen LogP contribution is -1.90. The largest absolute Gasteiger partial charge is 0.301 e. The van der Waals surface area contributed by atoms with Crippen molar-refractivity contribution in [1.82, 2.24) is 0 Å². The third-order valence-electron chi connectivity index (χ3n) is 0.789. The van der Waals surface area contributed by atoms with E-state index in [2.05, 4.69) is 0 Å². The van der Waals surface area contributed by atoms with Crippen molar-refractivity contribution in [3.05, 3.63) is 0 Å². The lowest BCUT2D eigenvalue weighted by atomic mass is 10.00. The quantitative estimate of drug-likeness (QED) is 0.431. The van der Waals surface area contributed by atoms with Crippen molar-refractivity contribution in [3.63, 3.8) is 0 Å². The van der Waals surface area contributed by atoms with Gasteiger partial charge in [0.1, 0.15) is 13.6 Å². The maximum Gasteiger partial charge on any atom is 0.124 e. The summed E-state index contributed by atoms with van der Waals surface area (Å²) in [5, 5.41) is 0. The molecule has 2 heteroatoms. The van der Waals surface area contributed by atoms with Crippen molar-refractivity contribution in [3.8, 4) is 0 Å². The summed E-state index contributed by atoms with van der Waals surface area (Å²) in [5.41, 5.74) is 0. The van der Waals surface area contributed by atoms with Crippen LogP contribution in [0.25, 0.3) is 0 Å². The van der Waals surface area contributed by atoms with Gasteiger partial charge in [-0.3, -0.25) is 0 Å². The number of carbonyl (C=O) groups is 1. The van der Waals surface area contributed by atoms with Crippen LogP contribution in [0.5, 0.6) is 0 Å². The van der Waals surface area contributed by atoms with E-state index >= 15 is 0 Å². The average molecular weight is 83.9 g/mol. The molecule has 0 atom stereocenters. The van der Waals surface area contributed by atoms with Crippen LogP contribution in [0, 0.1) is 0 Å². The second kappa shape index (κ2) is 2.95. The van der Waals surface area contributed by atoms with Gasteiger partial charge >= 0.3 is 0 Å². The first-order chi connectivity index (χ1) is 2.81. The molecule has 0 saturated carbocycles. The van der Waals surface area contributed by atoms with Gasteiger partial charge in [-0.15, -0.1) is 0 Å². The lowest BCUT2D eigenvalue weighted by Gasteiger charge is -1.81. The summed E-state index contributed by atoms with van der Waals surface area (Å²) in [6.07, 6.45) is 1.38. The molecule has 0 saturated heterocycles. The van der Waals surface area contributed by atoms with Crippen molar-refractivity contribution in [2.45, 2.75) is 19.7 Å². The third kappa shape index (κ3) is 2.00. The first-order valence-corrected chi connectivity index (χ1v) is 2.33. The van der Waals surface area contributed by atoms with Gasteiger partial charge in [-0.25, -0.2) is 0 Å². The van der Waals surface area contributed by atoms with Crippen molar-refractivity contribution in [2.24, 2.45) is 0 Å². The zero-order valence-electron chi connectivity index (χ0n) is 4.32. The van der Waals surface area contributed by atoms with E-state index in [1.807, 2.05) is 14.8 Å². The average Bonchev–Trinajstić information content (AvgIpc) is 1.65. The van der Waals surface area contributed by atoms with Gasteiger partial charge in [0.2, 0.25) is 0 Å². The van der Waals surface area contributed by atoms with E-state index in [1.165, 1.54) is 0 Å². The maximum absolute atomic E-state index is 10.2. The Labute approximate surface area is 39.1 Å². The summed E-state index contributed by atoms with van der Waals surface area (Å²) >= 11 is 0. The molecule has 0 aliphatic rings. The van der Waals surface area contributed by atoms with E-state index < -0.39 is 0 Å². The van der Waals surface area contributed by atoms with E-state index in [0.29, 0.717) is 18.5 Å². The molecule has 0 aliphatic carbocycles. The fraction of sp³-hybridized carbons (Fsp3) is 0.750. The first-order valence-electron chi connectivity index (χ1n) is 2.33. The van der Waals surface area contributed by atoms with Crippen LogP contribution in [-0.4, -0.2) is 13.6 Å². The molecule has 0 radical (unpaired) electrons. The second-order valence-electron chi connectivity index (χ2n) is 1.25. The van der Waals surface area contributed by atoms with Gasteiger partial charge in [0.15, 0.2) is 0 Å². The molecule has 6 heavy (non-hydrogen) atoms. The van der Waals surface area contributed by atoms with E-state index in [1.54, 1.807) is 0 Å². The SMILES string of the molecule is BCC(=O)CC. The highest BCUT2D eigenvalue weighted by molar-refractivity contribution is 6.20. The molecule has 0 aliphatic heterocycles. The number of hydrogen-bond acceptors (Lipinski definition) is 1. The molecule has 0 fully saturated rings. The molecule has 0 rings (SSSR count). The van der Waals surface area contributed by atoms with Crippen LogP contribution >= 0.6 is 0 Å². The lowest BCUT2D eigenvalue weighted by molar-refractivity contribution is -0.116. The van der Waals surface area contributed by atoms with Crippen molar-refractivity contribution >= 4 is 13.6 Å². The highest BCUT2D eigenvalue weighted by Crippen LogP contribution is 1.81. The highest BCUT2D eigenvalue weighted by Gasteiger charge is 1.86. The van der Waals surface area contributed by atoms with Crippen LogP contribution in [0.2, 0.25) is 6.32 Å². The van der Waals surface area contributed by atoms with Gasteiger partial charge in [-0.2, -0.15) is 0 Å². The normalized spacial score (nSPS) is 8.17. The fourth-order valence-electron chi connectivity index (χ4n) is 0.250. The molecule has 0 amide bonds. The molecule has 0 aromatic heterocycles. The van der Waals surface area contributed by atoms with Gasteiger partial charge in [-0.1, -0.05) is 6.92 Å². The van der Waals surface area contributed by atoms with Crippen LogP contribution < -0.4 is 0 Å². The summed E-state index contributed by atoms with van der Waals surface area (Å²) in [6.45, 7) is 1.88. The minimum absolute atomic E-state index is 0.343. The van der Waals surface area contributed by atoms with Crippen LogP contribution in [0.15, 0.2) is 0 Å². The van der Waals surface area contributed by atoms with Gasteiger partial charge in [0.25, 0.3) is 0 Å². The molecule has 0 bridgehead atoms. The topological polar surface area (TPSA) is 17.1 Å². The Bertz CT molecular complexity index is 45.5. The zero-order chi connectivity index (χ0) is 4.99. The Kier molecular flexibility index (Phi) is 2.82. The summed E-state index contributed by atoms with van der Waals surface area (Å²) in [6, 6.07) is 0. The number of rotatable bonds is 2. The van der Waals surface area contributed by atoms with Crippen LogP contribution in [-0.2, 0) is 4.79 Å². The van der Waals surface area contributed by atoms with E-state index in [0.717, 1.165) is 0 Å². The predicted octanol–water partition coefficient (Wildman–Crippen LogP) is 0.0169. The molecule has 0 aromatic carbocycles. The van der Waals surface area contributed by atoms with E-state index in [-0.39, 0.29) is 0 Å². The van der Waals surface area contributed by atoms with Gasteiger partial charge in [0, 0.05) is 6.42 Å². The summed E-state index contributed by atoms with van der Waals surface area (Å²) < 4.78 is 0. The number of carbonyl (C=O) groups excluding carboxylic acids is 1. The van der Waals surface area contributed by atoms with Gasteiger partial charge in [-0.05, 0) is 6.32 Å². The first kappa shape index (κ1) is 5.73. The molecule has 0 unspecified atom stereocenters. The van der Waals surface area contributed by atoms with Gasteiger partial charge < -0.3 is 4.79 Å². The van der Waals surface area contributed by atoms with E-state index in [9.17, 15) is 4.79 Å². The summed E-state index contributed by atoms with van der Waals surface area (Å²) in [4.78, 5) is 10.2. The Morgan fingerprint density at radius 1 is 1.83 bits per heavy atom. The minimum Gasteiger partial charge on any atom is -0.301 e. The summed E-state index contributed by atoms with van der Waals surface area (Å²) in [5.74, 6) is 0.343. The molecular weight excluding hydrogens is 74.9 g/mol. The molecular formula is C4H9BO. The molecule has 0 spiro atoms. The third-order valence-corrected chi connectivity index (χ3v) is 0.789. The minimum atomic E-state index is 0.343. The van der Waals surface area contributed by atoms with Crippen LogP contribution in [0.4, 0.5) is 0 Å². The Hall–Kier alpha value is -0.265. The highest BCUT2D eigenvalue weighted by atomic mass is 16.1. The molecule has 0 heterocycles. The molecule has 0 aromatic rings. The number of ketones is 1. The molecule has 1 nitrogen and oxygen atoms in total. The van der Waals surface area contributed by atoms with Crippen molar-refractivity contribution < 1.29 is 4.79 Å². The summed E-state index contributed by atoms with van der Waals surface area (Å²) in [7, 11) is 1.88. The smallest absolute Gasteiger partial charge is 0.124 e. The monoisotopic (exact) mass is 84.1 g/mol. The Morgan fingerprint density at radius 2 is 2.33 bits per heavy atom. The van der Waals surface area contributed by atoms with Crippen LogP contribution in [0.1, 0.15) is 13.3 Å². The molecule has 0 N–H and O–H groups in total. The number of hydrogen-bond donors (Lipinski definition) is 0. The zero-order valence-corrected chi connectivity index (χ0v) is 4.32.